The van der Waals surface area contributed by atoms with Gasteiger partial charge < -0.3 is 24.9 Å². The first-order valence-corrected chi connectivity index (χ1v) is 6.27. The van der Waals surface area contributed by atoms with Crippen LogP contribution in [0, 0.1) is 5.92 Å². The molecule has 0 aromatic rings. The van der Waals surface area contributed by atoms with E-state index in [2.05, 4.69) is 4.74 Å². The third-order valence-corrected chi connectivity index (χ3v) is 1.62. The first-order valence-electron chi connectivity index (χ1n) is 6.27. The van der Waals surface area contributed by atoms with Gasteiger partial charge in [-0.15, -0.1) is 12.7 Å². The van der Waals surface area contributed by atoms with Crippen molar-refractivity contribution in [3.8, 4) is 0 Å². The number of Topliss-reactive ketones (excluding diaryl/α,β-unsaturated/α-hetero) is 1. The molecule has 0 aliphatic carbocycles. The molecule has 0 bridgehead atoms. The number of carboxylic acid groups (broad SMARTS) is 1. The van der Waals surface area contributed by atoms with Gasteiger partial charge >= 0.3 is 17.4 Å². The smallest absolute Gasteiger partial charge is 0.853 e. The Hall–Kier alpha value is -0.448. The fraction of sp³-hybridized carbons (Fsp3) is 0.846. The number of ketones is 1. The van der Waals surface area contributed by atoms with Crippen LogP contribution in [0.3, 0.4) is 0 Å². The largest absolute Gasteiger partial charge is 3.00 e. The van der Waals surface area contributed by atoms with Crippen molar-refractivity contribution in [3.05, 3.63) is 0 Å². The van der Waals surface area contributed by atoms with E-state index in [1.54, 1.807) is 20.8 Å². The third kappa shape index (κ3) is 30.5. The molecule has 0 heterocycles. The summed E-state index contributed by atoms with van der Waals surface area (Å²) in [6.45, 7) is 8.88. The van der Waals surface area contributed by atoms with Crippen LogP contribution in [0.1, 0.15) is 41.0 Å². The summed E-state index contributed by atoms with van der Waals surface area (Å²) in [5.41, 5.74) is 0. The Labute approximate surface area is 132 Å². The number of aliphatic carboxylic acids is 1. The molecule has 1 atom stereocenters. The number of hydrogen-bond donors (Lipinski definition) is 0. The zero-order valence-electron chi connectivity index (χ0n) is 13.0. The molecular weight excluding hydrogens is 279 g/mol. The van der Waals surface area contributed by atoms with E-state index in [-0.39, 0.29) is 29.8 Å². The van der Waals surface area contributed by atoms with Crippen molar-refractivity contribution in [2.45, 2.75) is 47.1 Å². The summed E-state index contributed by atoms with van der Waals surface area (Å²) in [5, 5.41) is 29.1. The van der Waals surface area contributed by atoms with E-state index in [4.69, 9.17) is 0 Å². The molecule has 0 saturated heterocycles. The number of rotatable bonds is 6. The minimum atomic E-state index is -1.27. The van der Waals surface area contributed by atoms with Crippen LogP contribution in [-0.2, 0) is 14.3 Å². The van der Waals surface area contributed by atoms with Gasteiger partial charge in [-0.2, -0.15) is 0 Å². The fourth-order valence-corrected chi connectivity index (χ4v) is 0.823. The van der Waals surface area contributed by atoms with Crippen LogP contribution in [0.2, 0.25) is 0 Å². The second-order valence-corrected chi connectivity index (χ2v) is 3.84. The summed E-state index contributed by atoms with van der Waals surface area (Å²) in [4.78, 5) is 20.4. The number of hydrogen-bond acceptors (Lipinski definition) is 6. The minimum absolute atomic E-state index is 0. The predicted octanol–water partition coefficient (Wildman–Crippen LogP) is -1.89. The van der Waals surface area contributed by atoms with Crippen molar-refractivity contribution in [2.75, 3.05) is 19.8 Å². The Kier molecular flexibility index (Phi) is 29.0. The van der Waals surface area contributed by atoms with Crippen molar-refractivity contribution in [1.29, 1.82) is 0 Å². The summed E-state index contributed by atoms with van der Waals surface area (Å²) < 4.78 is 4.67. The Morgan fingerprint density at radius 2 is 1.60 bits per heavy atom. The monoisotopic (exact) mass is 304 g/mol. The van der Waals surface area contributed by atoms with Crippen LogP contribution >= 0.6 is 0 Å². The molecular formula is C13H25AlO6. The van der Waals surface area contributed by atoms with Crippen LogP contribution in [0.15, 0.2) is 0 Å². The molecule has 6 nitrogen and oxygen atoms in total. The molecule has 0 aliphatic heterocycles. The molecule has 0 rings (SSSR count). The van der Waals surface area contributed by atoms with Crippen molar-refractivity contribution in [1.82, 2.24) is 0 Å². The fourth-order valence-electron chi connectivity index (χ4n) is 0.823. The van der Waals surface area contributed by atoms with Gasteiger partial charge in [-0.05, 0) is 20.3 Å². The van der Waals surface area contributed by atoms with Crippen LogP contribution in [-0.4, -0.2) is 55.0 Å². The van der Waals surface area contributed by atoms with Crippen molar-refractivity contribution >= 4 is 29.1 Å². The van der Waals surface area contributed by atoms with E-state index in [1.165, 1.54) is 6.92 Å². The van der Waals surface area contributed by atoms with Crippen molar-refractivity contribution in [3.63, 3.8) is 0 Å². The topological polar surface area (TPSA) is 113 Å². The SMILES string of the molecule is CC(C)[O-].CCC(C(C)=O)C(=O)[O-].CCOCC[O-].[Al+3]. The summed E-state index contributed by atoms with van der Waals surface area (Å²) in [6.07, 6.45) is -0.0995. The van der Waals surface area contributed by atoms with Gasteiger partial charge in [0.05, 0.1) is 11.9 Å². The number of carboxylic acids is 1. The Morgan fingerprint density at radius 3 is 1.65 bits per heavy atom. The first kappa shape index (κ1) is 27.8. The minimum Gasteiger partial charge on any atom is -0.853 e. The number of carbonyl (C=O) groups is 2. The maximum Gasteiger partial charge on any atom is 3.00 e. The number of ether oxygens (including phenoxy) is 1. The van der Waals surface area contributed by atoms with E-state index in [0.717, 1.165) is 0 Å². The van der Waals surface area contributed by atoms with Gasteiger partial charge in [0.15, 0.2) is 0 Å². The Bertz CT molecular complexity index is 200. The van der Waals surface area contributed by atoms with Crippen molar-refractivity contribution < 1.29 is 29.6 Å². The van der Waals surface area contributed by atoms with E-state index in [9.17, 15) is 24.9 Å². The average molecular weight is 304 g/mol. The van der Waals surface area contributed by atoms with Gasteiger partial charge in [-0.25, -0.2) is 0 Å². The van der Waals surface area contributed by atoms with E-state index in [0.29, 0.717) is 19.6 Å². The van der Waals surface area contributed by atoms with Gasteiger partial charge in [0, 0.05) is 13.2 Å². The molecule has 0 fully saturated rings. The molecule has 0 radical (unpaired) electrons. The summed E-state index contributed by atoms with van der Waals surface area (Å²) in [7, 11) is 0. The molecule has 7 heteroatoms. The van der Waals surface area contributed by atoms with Crippen LogP contribution in [0.4, 0.5) is 0 Å². The maximum atomic E-state index is 10.4. The van der Waals surface area contributed by atoms with Gasteiger partial charge in [-0.3, -0.25) is 4.79 Å². The first-order chi connectivity index (χ1) is 8.74. The second kappa shape index (κ2) is 20.9. The van der Waals surface area contributed by atoms with Gasteiger partial charge in [0.1, 0.15) is 5.78 Å². The average Bonchev–Trinajstić information content (AvgIpc) is 2.26. The van der Waals surface area contributed by atoms with E-state index < -0.39 is 18.0 Å². The van der Waals surface area contributed by atoms with Crippen molar-refractivity contribution in [2.24, 2.45) is 5.92 Å². The van der Waals surface area contributed by atoms with Gasteiger partial charge in [-0.1, -0.05) is 20.8 Å². The van der Waals surface area contributed by atoms with Crippen LogP contribution in [0.25, 0.3) is 0 Å². The van der Waals surface area contributed by atoms with E-state index in [1.807, 2.05) is 6.92 Å². The third-order valence-electron chi connectivity index (χ3n) is 1.62. The van der Waals surface area contributed by atoms with Crippen LogP contribution < -0.4 is 15.3 Å². The zero-order valence-corrected chi connectivity index (χ0v) is 14.2. The standard InChI is InChI=1S/C6H10O3.C4H9O2.C3H7O.Al/c1-3-5(4(2)7)6(8)9;1-2-6-4-3-5;1-3(2)4;/h5H,3H2,1-2H3,(H,8,9);2-4H2,1H3;3H,1-2H3;/q;2*-1;+3/p-1. The molecule has 0 aromatic carbocycles. The Morgan fingerprint density at radius 1 is 1.20 bits per heavy atom. The molecule has 0 aromatic heterocycles. The molecule has 116 valence electrons. The molecule has 0 N–H and O–H groups in total. The normalized spacial score (nSPS) is 10.2. The quantitative estimate of drug-likeness (QED) is 0.322. The molecule has 20 heavy (non-hydrogen) atoms. The molecule has 0 spiro atoms. The van der Waals surface area contributed by atoms with E-state index >= 15 is 0 Å². The Balaban J connectivity index is -0.000000102. The summed E-state index contributed by atoms with van der Waals surface area (Å²) in [5.74, 6) is -2.52. The molecule has 0 aliphatic rings. The number of carbonyl (C=O) groups excluding carboxylic acids is 2. The molecule has 1 unspecified atom stereocenters. The van der Waals surface area contributed by atoms with Gasteiger partial charge in [0.25, 0.3) is 0 Å². The van der Waals surface area contributed by atoms with Crippen LogP contribution in [0.5, 0.6) is 0 Å². The summed E-state index contributed by atoms with van der Waals surface area (Å²) >= 11 is 0. The summed E-state index contributed by atoms with van der Waals surface area (Å²) in [6, 6.07) is 0. The maximum absolute atomic E-state index is 10.4. The predicted molar refractivity (Wildman–Crippen MR) is 71.7 cm³/mol. The molecule has 0 amide bonds. The zero-order chi connectivity index (χ0) is 15.8. The van der Waals surface area contributed by atoms with Gasteiger partial charge in [0.2, 0.25) is 0 Å². The second-order valence-electron chi connectivity index (χ2n) is 3.84. The molecule has 0 saturated carbocycles.